The first-order valence-electron chi connectivity index (χ1n) is 7.13. The molecule has 1 aliphatic rings. The van der Waals surface area contributed by atoms with Crippen LogP contribution in [-0.4, -0.2) is 44.2 Å². The molecule has 0 atom stereocenters. The van der Waals surface area contributed by atoms with E-state index in [9.17, 15) is 9.59 Å². The molecule has 6 heteroatoms. The molecule has 0 unspecified atom stereocenters. The second-order valence-corrected chi connectivity index (χ2v) is 4.78. The molecule has 1 saturated heterocycles. The van der Waals surface area contributed by atoms with Crippen molar-refractivity contribution in [2.45, 2.75) is 45.8 Å². The third kappa shape index (κ3) is 5.09. The Bertz CT molecular complexity index is 304. The van der Waals surface area contributed by atoms with Gasteiger partial charge in [0.1, 0.15) is 0 Å². The highest BCUT2D eigenvalue weighted by atomic mass is 16.7. The van der Waals surface area contributed by atoms with Crippen LogP contribution in [0.15, 0.2) is 0 Å². The van der Waals surface area contributed by atoms with E-state index < -0.39 is 23.6 Å². The minimum atomic E-state index is -0.861. The Labute approximate surface area is 119 Å². The quantitative estimate of drug-likeness (QED) is 0.500. The van der Waals surface area contributed by atoms with E-state index in [0.717, 1.165) is 0 Å². The third-order valence-electron chi connectivity index (χ3n) is 3.16. The van der Waals surface area contributed by atoms with E-state index in [1.165, 1.54) is 0 Å². The van der Waals surface area contributed by atoms with Crippen molar-refractivity contribution in [2.24, 2.45) is 5.92 Å². The summed E-state index contributed by atoms with van der Waals surface area (Å²) in [7, 11) is 0. The van der Waals surface area contributed by atoms with E-state index in [-0.39, 0.29) is 13.2 Å². The van der Waals surface area contributed by atoms with Gasteiger partial charge < -0.3 is 18.9 Å². The van der Waals surface area contributed by atoms with Crippen LogP contribution < -0.4 is 0 Å². The van der Waals surface area contributed by atoms with Gasteiger partial charge in [-0.3, -0.25) is 9.59 Å². The Hall–Kier alpha value is -1.14. The van der Waals surface area contributed by atoms with Gasteiger partial charge in [0.05, 0.1) is 26.4 Å². The smallest absolute Gasteiger partial charge is 0.320 e. The molecule has 0 bridgehead atoms. The molecule has 6 nitrogen and oxygen atoms in total. The molecule has 1 rings (SSSR count). The first-order valence-corrected chi connectivity index (χ1v) is 7.13. The molecule has 0 amide bonds. The van der Waals surface area contributed by atoms with Gasteiger partial charge in [-0.1, -0.05) is 0 Å². The Balaban J connectivity index is 2.47. The van der Waals surface area contributed by atoms with E-state index >= 15 is 0 Å². The number of esters is 2. The summed E-state index contributed by atoms with van der Waals surface area (Å²) in [5, 5.41) is 0. The average Bonchev–Trinajstić information content (AvgIpc) is 2.82. The molecule has 1 fully saturated rings. The van der Waals surface area contributed by atoms with E-state index in [1.54, 1.807) is 13.8 Å². The lowest BCUT2D eigenvalue weighted by Gasteiger charge is -2.22. The maximum atomic E-state index is 11.8. The van der Waals surface area contributed by atoms with Crippen LogP contribution in [0.25, 0.3) is 0 Å². The first kappa shape index (κ1) is 16.9. The van der Waals surface area contributed by atoms with Gasteiger partial charge in [0.2, 0.25) is 0 Å². The highest BCUT2D eigenvalue weighted by Crippen LogP contribution is 2.26. The summed E-state index contributed by atoms with van der Waals surface area (Å²) >= 11 is 0. The van der Waals surface area contributed by atoms with E-state index in [1.807, 2.05) is 6.92 Å². The number of carbonyl (C=O) groups excluding carboxylic acids is 2. The van der Waals surface area contributed by atoms with Crippen LogP contribution in [0.5, 0.6) is 0 Å². The molecule has 0 spiro atoms. The molecule has 0 N–H and O–H groups in total. The highest BCUT2D eigenvalue weighted by Gasteiger charge is 2.33. The summed E-state index contributed by atoms with van der Waals surface area (Å²) in [5.41, 5.74) is 0. The van der Waals surface area contributed by atoms with Gasteiger partial charge in [-0.25, -0.2) is 0 Å². The predicted octanol–water partition coefficient (Wildman–Crippen LogP) is 1.66. The van der Waals surface area contributed by atoms with Crippen LogP contribution in [0.3, 0.4) is 0 Å². The molecule has 1 aliphatic heterocycles. The fourth-order valence-electron chi connectivity index (χ4n) is 2.15. The Morgan fingerprint density at radius 2 is 1.60 bits per heavy atom. The SMILES string of the molecule is CCOC(=O)C(CCCC1(C)OCCO1)C(=O)OCC. The van der Waals surface area contributed by atoms with Crippen LogP contribution in [0.1, 0.15) is 40.0 Å². The Morgan fingerprint density at radius 3 is 2.05 bits per heavy atom. The molecule has 20 heavy (non-hydrogen) atoms. The lowest BCUT2D eigenvalue weighted by molar-refractivity contribution is -0.164. The van der Waals surface area contributed by atoms with Crippen molar-refractivity contribution < 1.29 is 28.5 Å². The molecular formula is C14H24O6. The number of hydrogen-bond donors (Lipinski definition) is 0. The molecule has 0 aromatic rings. The monoisotopic (exact) mass is 288 g/mol. The highest BCUT2D eigenvalue weighted by molar-refractivity contribution is 5.94. The minimum absolute atomic E-state index is 0.249. The van der Waals surface area contributed by atoms with Crippen molar-refractivity contribution in [2.75, 3.05) is 26.4 Å². The zero-order chi connectivity index (χ0) is 15.0. The second-order valence-electron chi connectivity index (χ2n) is 4.78. The Morgan fingerprint density at radius 1 is 1.10 bits per heavy atom. The molecule has 0 aliphatic carbocycles. The lowest BCUT2D eigenvalue weighted by Crippen LogP contribution is -2.30. The standard InChI is InChI=1S/C14H24O6/c1-4-17-12(15)11(13(16)18-5-2)7-6-8-14(3)19-9-10-20-14/h11H,4-10H2,1-3H3. The maximum absolute atomic E-state index is 11.8. The van der Waals surface area contributed by atoms with Crippen LogP contribution >= 0.6 is 0 Å². The fourth-order valence-corrected chi connectivity index (χ4v) is 2.15. The lowest BCUT2D eigenvalue weighted by atomic mass is 10.00. The van der Waals surface area contributed by atoms with Crippen LogP contribution in [0.2, 0.25) is 0 Å². The predicted molar refractivity (Wildman–Crippen MR) is 70.9 cm³/mol. The van der Waals surface area contributed by atoms with Crippen molar-refractivity contribution >= 4 is 11.9 Å². The zero-order valence-electron chi connectivity index (χ0n) is 12.5. The van der Waals surface area contributed by atoms with Gasteiger partial charge in [-0.2, -0.15) is 0 Å². The van der Waals surface area contributed by atoms with Gasteiger partial charge in [0, 0.05) is 6.42 Å². The summed E-state index contributed by atoms with van der Waals surface area (Å²) < 4.78 is 20.8. The third-order valence-corrected chi connectivity index (χ3v) is 3.16. The number of rotatable bonds is 8. The fraction of sp³-hybridized carbons (Fsp3) is 0.857. The maximum Gasteiger partial charge on any atom is 0.320 e. The largest absolute Gasteiger partial charge is 0.465 e. The normalized spacial score (nSPS) is 17.2. The first-order chi connectivity index (χ1) is 9.52. The number of carbonyl (C=O) groups is 2. The summed E-state index contributed by atoms with van der Waals surface area (Å²) in [6, 6.07) is 0. The van der Waals surface area contributed by atoms with Crippen molar-refractivity contribution in [3.63, 3.8) is 0 Å². The van der Waals surface area contributed by atoms with Crippen LogP contribution in [0, 0.1) is 5.92 Å². The number of hydrogen-bond acceptors (Lipinski definition) is 6. The summed E-state index contributed by atoms with van der Waals surface area (Å²) in [6.45, 7) is 6.94. The molecular weight excluding hydrogens is 264 g/mol. The summed E-state index contributed by atoms with van der Waals surface area (Å²) in [4.78, 5) is 23.6. The number of ether oxygens (including phenoxy) is 4. The Kier molecular flexibility index (Phi) is 6.95. The zero-order valence-corrected chi connectivity index (χ0v) is 12.5. The summed E-state index contributed by atoms with van der Waals surface area (Å²) in [5.74, 6) is -2.51. The van der Waals surface area contributed by atoms with E-state index in [0.29, 0.717) is 32.5 Å². The molecule has 1 heterocycles. The van der Waals surface area contributed by atoms with Gasteiger partial charge in [-0.05, 0) is 33.6 Å². The van der Waals surface area contributed by atoms with Crippen LogP contribution in [-0.2, 0) is 28.5 Å². The van der Waals surface area contributed by atoms with E-state index in [4.69, 9.17) is 18.9 Å². The molecule has 0 radical (unpaired) electrons. The van der Waals surface area contributed by atoms with Gasteiger partial charge in [0.25, 0.3) is 0 Å². The second kappa shape index (κ2) is 8.21. The van der Waals surface area contributed by atoms with Gasteiger partial charge in [-0.15, -0.1) is 0 Å². The minimum Gasteiger partial charge on any atom is -0.465 e. The van der Waals surface area contributed by atoms with Gasteiger partial charge in [0.15, 0.2) is 11.7 Å². The van der Waals surface area contributed by atoms with Crippen molar-refractivity contribution in [1.29, 1.82) is 0 Å². The molecule has 0 aromatic heterocycles. The van der Waals surface area contributed by atoms with Crippen molar-refractivity contribution in [1.82, 2.24) is 0 Å². The van der Waals surface area contributed by atoms with Crippen molar-refractivity contribution in [3.8, 4) is 0 Å². The molecule has 116 valence electrons. The topological polar surface area (TPSA) is 71.1 Å². The average molecular weight is 288 g/mol. The van der Waals surface area contributed by atoms with Gasteiger partial charge >= 0.3 is 11.9 Å². The van der Waals surface area contributed by atoms with Crippen molar-refractivity contribution in [3.05, 3.63) is 0 Å². The molecule has 0 aromatic carbocycles. The van der Waals surface area contributed by atoms with E-state index in [2.05, 4.69) is 0 Å². The van der Waals surface area contributed by atoms with Crippen LogP contribution in [0.4, 0.5) is 0 Å². The molecule has 0 saturated carbocycles. The summed E-state index contributed by atoms with van der Waals surface area (Å²) in [6.07, 6.45) is 1.63.